The van der Waals surface area contributed by atoms with E-state index < -0.39 is 0 Å². The third kappa shape index (κ3) is 4.78. The van der Waals surface area contributed by atoms with E-state index in [9.17, 15) is 0 Å². The highest BCUT2D eigenvalue weighted by Gasteiger charge is 2.30. The molecule has 1 atom stereocenters. The molecule has 0 aromatic rings. The van der Waals surface area contributed by atoms with Gasteiger partial charge in [0.1, 0.15) is 0 Å². The Morgan fingerprint density at radius 1 is 1.47 bits per heavy atom. The van der Waals surface area contributed by atoms with Gasteiger partial charge in [-0.15, -0.1) is 6.58 Å². The van der Waals surface area contributed by atoms with Crippen LogP contribution < -0.4 is 5.32 Å². The van der Waals surface area contributed by atoms with Crippen molar-refractivity contribution in [2.45, 2.75) is 44.9 Å². The molecule has 3 nitrogen and oxygen atoms in total. The average molecular weight is 213 g/mol. The molecular weight excluding hydrogens is 190 g/mol. The quantitative estimate of drug-likeness (QED) is 0.657. The van der Waals surface area contributed by atoms with Crippen molar-refractivity contribution in [1.82, 2.24) is 5.32 Å². The minimum atomic E-state index is -0.356. The molecule has 0 aromatic carbocycles. The fourth-order valence-corrected chi connectivity index (χ4v) is 1.72. The van der Waals surface area contributed by atoms with Crippen LogP contribution in [0, 0.1) is 0 Å². The molecule has 1 aliphatic rings. The highest BCUT2D eigenvalue weighted by molar-refractivity contribution is 4.73. The number of hydrogen-bond acceptors (Lipinski definition) is 3. The van der Waals surface area contributed by atoms with Crippen molar-refractivity contribution >= 4 is 0 Å². The Labute approximate surface area is 92.8 Å². The number of rotatable bonds is 7. The molecule has 0 spiro atoms. The van der Waals surface area contributed by atoms with Crippen molar-refractivity contribution in [3.8, 4) is 0 Å². The van der Waals surface area contributed by atoms with Crippen LogP contribution in [0.5, 0.6) is 0 Å². The first-order valence-electron chi connectivity index (χ1n) is 5.78. The van der Waals surface area contributed by atoms with Gasteiger partial charge in [0.2, 0.25) is 0 Å². The van der Waals surface area contributed by atoms with Crippen LogP contribution in [-0.2, 0) is 9.47 Å². The predicted octanol–water partition coefficient (Wildman–Crippen LogP) is 2.08. The van der Waals surface area contributed by atoms with Gasteiger partial charge in [-0.25, -0.2) is 0 Å². The molecule has 1 aliphatic heterocycles. The summed E-state index contributed by atoms with van der Waals surface area (Å²) in [6.45, 7) is 10.3. The molecule has 0 bridgehead atoms. The molecule has 0 amide bonds. The van der Waals surface area contributed by atoms with Crippen molar-refractivity contribution in [2.75, 3.05) is 19.8 Å². The van der Waals surface area contributed by atoms with Gasteiger partial charge >= 0.3 is 0 Å². The number of hydrogen-bond donors (Lipinski definition) is 1. The van der Waals surface area contributed by atoms with Crippen LogP contribution in [0.3, 0.4) is 0 Å². The number of allylic oxidation sites excluding steroid dienone is 1. The highest BCUT2D eigenvalue weighted by atomic mass is 16.7. The van der Waals surface area contributed by atoms with Crippen molar-refractivity contribution in [3.05, 3.63) is 12.7 Å². The van der Waals surface area contributed by atoms with Gasteiger partial charge in [0.05, 0.1) is 13.2 Å². The lowest BCUT2D eigenvalue weighted by atomic mass is 10.1. The standard InChI is InChI=1S/C12H23NO2/c1-4-5-6-11(2)13-8-7-12(3)14-9-10-15-12/h4,11,13H,1,5-10H2,2-3H3. The monoisotopic (exact) mass is 213 g/mol. The Morgan fingerprint density at radius 2 is 2.13 bits per heavy atom. The molecule has 0 aliphatic carbocycles. The van der Waals surface area contributed by atoms with E-state index in [1.807, 2.05) is 13.0 Å². The lowest BCUT2D eigenvalue weighted by molar-refractivity contribution is -0.145. The normalized spacial score (nSPS) is 21.5. The fourth-order valence-electron chi connectivity index (χ4n) is 1.72. The minimum absolute atomic E-state index is 0.356. The van der Waals surface area contributed by atoms with E-state index in [0.717, 1.165) is 39.0 Å². The molecule has 1 fully saturated rings. The maximum absolute atomic E-state index is 5.52. The first kappa shape index (κ1) is 12.7. The average Bonchev–Trinajstić information content (AvgIpc) is 2.62. The second kappa shape index (κ2) is 6.26. The fraction of sp³-hybridized carbons (Fsp3) is 0.833. The molecule has 0 radical (unpaired) electrons. The SMILES string of the molecule is C=CCCC(C)NCCC1(C)OCCO1. The maximum atomic E-state index is 5.52. The van der Waals surface area contributed by atoms with Crippen molar-refractivity contribution in [1.29, 1.82) is 0 Å². The Kier molecular flexibility index (Phi) is 5.29. The van der Waals surface area contributed by atoms with Crippen molar-refractivity contribution < 1.29 is 9.47 Å². The predicted molar refractivity (Wildman–Crippen MR) is 61.8 cm³/mol. The summed E-state index contributed by atoms with van der Waals surface area (Å²) in [7, 11) is 0. The van der Waals surface area contributed by atoms with Gasteiger partial charge < -0.3 is 14.8 Å². The van der Waals surface area contributed by atoms with E-state index in [1.165, 1.54) is 0 Å². The zero-order chi connectivity index (χ0) is 11.1. The lowest BCUT2D eigenvalue weighted by Crippen LogP contribution is -2.34. The first-order valence-corrected chi connectivity index (χ1v) is 5.78. The van der Waals surface area contributed by atoms with Crippen LogP contribution in [0.4, 0.5) is 0 Å². The molecule has 1 rings (SSSR count). The molecule has 0 aromatic heterocycles. The molecular formula is C12H23NO2. The number of ether oxygens (including phenoxy) is 2. The van der Waals surface area contributed by atoms with Gasteiger partial charge in [-0.3, -0.25) is 0 Å². The summed E-state index contributed by atoms with van der Waals surface area (Å²) in [5, 5.41) is 3.46. The lowest BCUT2D eigenvalue weighted by Gasteiger charge is -2.23. The van der Waals surface area contributed by atoms with Crippen LogP contribution >= 0.6 is 0 Å². The van der Waals surface area contributed by atoms with Gasteiger partial charge in [0, 0.05) is 19.0 Å². The Bertz CT molecular complexity index is 188. The summed E-state index contributed by atoms with van der Waals surface area (Å²) in [5.41, 5.74) is 0. The van der Waals surface area contributed by atoms with Gasteiger partial charge in [-0.05, 0) is 26.7 Å². The van der Waals surface area contributed by atoms with E-state index in [-0.39, 0.29) is 5.79 Å². The molecule has 88 valence electrons. The third-order valence-corrected chi connectivity index (χ3v) is 2.77. The van der Waals surface area contributed by atoms with E-state index in [2.05, 4.69) is 18.8 Å². The van der Waals surface area contributed by atoms with Crippen LogP contribution in [-0.4, -0.2) is 31.6 Å². The molecule has 0 saturated carbocycles. The Morgan fingerprint density at radius 3 is 2.73 bits per heavy atom. The van der Waals surface area contributed by atoms with E-state index in [0.29, 0.717) is 6.04 Å². The first-order chi connectivity index (χ1) is 7.16. The zero-order valence-electron chi connectivity index (χ0n) is 9.92. The Hall–Kier alpha value is -0.380. The topological polar surface area (TPSA) is 30.5 Å². The molecule has 1 N–H and O–H groups in total. The summed E-state index contributed by atoms with van der Waals surface area (Å²) in [6, 6.07) is 0.535. The molecule has 1 heterocycles. The number of nitrogens with one attached hydrogen (secondary N) is 1. The maximum Gasteiger partial charge on any atom is 0.166 e. The third-order valence-electron chi connectivity index (χ3n) is 2.77. The van der Waals surface area contributed by atoms with Crippen LogP contribution in [0.1, 0.15) is 33.1 Å². The summed E-state index contributed by atoms with van der Waals surface area (Å²) >= 11 is 0. The van der Waals surface area contributed by atoms with Crippen molar-refractivity contribution in [3.63, 3.8) is 0 Å². The van der Waals surface area contributed by atoms with Gasteiger partial charge in [0.15, 0.2) is 5.79 Å². The van der Waals surface area contributed by atoms with Gasteiger partial charge in [-0.2, -0.15) is 0 Å². The smallest absolute Gasteiger partial charge is 0.166 e. The molecule has 15 heavy (non-hydrogen) atoms. The Balaban J connectivity index is 2.07. The summed E-state index contributed by atoms with van der Waals surface area (Å²) in [5.74, 6) is -0.356. The van der Waals surface area contributed by atoms with E-state index in [4.69, 9.17) is 9.47 Å². The molecule has 1 unspecified atom stereocenters. The van der Waals surface area contributed by atoms with Crippen LogP contribution in [0.15, 0.2) is 12.7 Å². The summed E-state index contributed by atoms with van der Waals surface area (Å²) in [6.07, 6.45) is 5.08. The molecule has 1 saturated heterocycles. The van der Waals surface area contributed by atoms with Crippen molar-refractivity contribution in [2.24, 2.45) is 0 Å². The molecule has 3 heteroatoms. The highest BCUT2D eigenvalue weighted by Crippen LogP contribution is 2.21. The van der Waals surface area contributed by atoms with Crippen LogP contribution in [0.25, 0.3) is 0 Å². The van der Waals surface area contributed by atoms with E-state index >= 15 is 0 Å². The second-order valence-electron chi connectivity index (χ2n) is 4.30. The van der Waals surface area contributed by atoms with Gasteiger partial charge in [0.25, 0.3) is 0 Å². The zero-order valence-corrected chi connectivity index (χ0v) is 9.92. The largest absolute Gasteiger partial charge is 0.348 e. The van der Waals surface area contributed by atoms with Crippen LogP contribution in [0.2, 0.25) is 0 Å². The minimum Gasteiger partial charge on any atom is -0.348 e. The second-order valence-corrected chi connectivity index (χ2v) is 4.30. The summed E-state index contributed by atoms with van der Waals surface area (Å²) < 4.78 is 11.0. The van der Waals surface area contributed by atoms with Gasteiger partial charge in [-0.1, -0.05) is 6.08 Å². The summed E-state index contributed by atoms with van der Waals surface area (Å²) in [4.78, 5) is 0. The van der Waals surface area contributed by atoms with E-state index in [1.54, 1.807) is 0 Å².